The van der Waals surface area contributed by atoms with Crippen molar-refractivity contribution in [1.29, 1.82) is 0 Å². The molecular formula is C7H4ClN4S. The summed E-state index contributed by atoms with van der Waals surface area (Å²) in [6, 6.07) is 7.11. The fraction of sp³-hybridized carbons (Fsp3) is 0. The summed E-state index contributed by atoms with van der Waals surface area (Å²) in [7, 11) is 0. The van der Waals surface area contributed by atoms with Crippen LogP contribution in [-0.2, 0) is 0 Å². The predicted molar refractivity (Wildman–Crippen MR) is 50.0 cm³/mol. The van der Waals surface area contributed by atoms with Crippen molar-refractivity contribution in [3.8, 4) is 5.69 Å². The van der Waals surface area contributed by atoms with Gasteiger partial charge in [0.1, 0.15) is 0 Å². The lowest BCUT2D eigenvalue weighted by Crippen LogP contribution is -1.96. The number of nitrogens with zero attached hydrogens (tertiary/aromatic N) is 4. The van der Waals surface area contributed by atoms with Crippen LogP contribution < -0.4 is 0 Å². The summed E-state index contributed by atoms with van der Waals surface area (Å²) in [6.45, 7) is 0. The van der Waals surface area contributed by atoms with Gasteiger partial charge in [0.2, 0.25) is 5.16 Å². The molecule has 0 aliphatic heterocycles. The molecule has 0 unspecified atom stereocenters. The molecule has 1 aromatic carbocycles. The molecule has 2 aromatic rings. The van der Waals surface area contributed by atoms with Crippen LogP contribution in [0.25, 0.3) is 5.69 Å². The Morgan fingerprint density at radius 3 is 2.46 bits per heavy atom. The van der Waals surface area contributed by atoms with Gasteiger partial charge >= 0.3 is 0 Å². The molecule has 6 heteroatoms. The van der Waals surface area contributed by atoms with Gasteiger partial charge in [-0.1, -0.05) is 16.7 Å². The maximum Gasteiger partial charge on any atom is 0.244 e. The van der Waals surface area contributed by atoms with Crippen molar-refractivity contribution < 1.29 is 0 Å². The summed E-state index contributed by atoms with van der Waals surface area (Å²) >= 11 is 10.6. The Morgan fingerprint density at radius 2 is 1.92 bits per heavy atom. The van der Waals surface area contributed by atoms with Crippen LogP contribution in [0.5, 0.6) is 0 Å². The second kappa shape index (κ2) is 3.27. The van der Waals surface area contributed by atoms with Gasteiger partial charge in [-0.3, -0.25) is 0 Å². The molecule has 0 atom stereocenters. The minimum atomic E-state index is 0.335. The first-order chi connectivity index (χ1) is 6.27. The van der Waals surface area contributed by atoms with Crippen LogP contribution in [0.15, 0.2) is 29.4 Å². The molecule has 0 aliphatic carbocycles. The van der Waals surface area contributed by atoms with Crippen molar-refractivity contribution in [2.24, 2.45) is 0 Å². The minimum Gasteiger partial charge on any atom is -0.184 e. The molecule has 1 radical (unpaired) electrons. The zero-order valence-electron chi connectivity index (χ0n) is 6.38. The monoisotopic (exact) mass is 211 g/mol. The molecule has 13 heavy (non-hydrogen) atoms. The Bertz CT molecular complexity index is 411. The molecule has 0 aliphatic rings. The summed E-state index contributed by atoms with van der Waals surface area (Å²) in [5.74, 6) is 0. The van der Waals surface area contributed by atoms with E-state index in [1.54, 1.807) is 24.3 Å². The van der Waals surface area contributed by atoms with E-state index in [0.29, 0.717) is 10.2 Å². The minimum absolute atomic E-state index is 0.335. The van der Waals surface area contributed by atoms with Crippen molar-refractivity contribution in [3.05, 3.63) is 29.3 Å². The lowest BCUT2D eigenvalue weighted by Gasteiger charge is -1.98. The van der Waals surface area contributed by atoms with Gasteiger partial charge in [0.15, 0.2) is 0 Å². The van der Waals surface area contributed by atoms with Crippen molar-refractivity contribution >= 4 is 24.2 Å². The van der Waals surface area contributed by atoms with E-state index in [-0.39, 0.29) is 0 Å². The molecule has 0 saturated carbocycles. The van der Waals surface area contributed by atoms with E-state index in [4.69, 9.17) is 24.2 Å². The Labute approximate surface area is 84.9 Å². The Balaban J connectivity index is 2.47. The van der Waals surface area contributed by atoms with Gasteiger partial charge in [-0.2, -0.15) is 4.68 Å². The Hall–Kier alpha value is -1.20. The standard InChI is InChI=1S/C7H4ClN4S/c8-5-1-3-6(4-2-5)12-7(13)9-10-11-12/h1-4H. The second-order valence-electron chi connectivity index (χ2n) is 2.35. The number of halogens is 1. The second-order valence-corrected chi connectivity index (χ2v) is 3.15. The maximum absolute atomic E-state index is 5.73. The molecule has 4 nitrogen and oxygen atoms in total. The topological polar surface area (TPSA) is 43.6 Å². The van der Waals surface area contributed by atoms with E-state index in [1.165, 1.54) is 4.68 Å². The van der Waals surface area contributed by atoms with Gasteiger partial charge in [-0.05, 0) is 47.3 Å². The van der Waals surface area contributed by atoms with Crippen molar-refractivity contribution in [1.82, 2.24) is 20.2 Å². The van der Waals surface area contributed by atoms with Crippen molar-refractivity contribution in [2.45, 2.75) is 5.16 Å². The Morgan fingerprint density at radius 1 is 1.23 bits per heavy atom. The first-order valence-electron chi connectivity index (χ1n) is 3.49. The van der Waals surface area contributed by atoms with Gasteiger partial charge in [-0.15, -0.1) is 0 Å². The van der Waals surface area contributed by atoms with E-state index < -0.39 is 0 Å². The number of rotatable bonds is 1. The SMILES string of the molecule is [S]c1nnnn1-c1ccc(Cl)cc1. The lowest BCUT2D eigenvalue weighted by molar-refractivity contribution is 0.758. The quantitative estimate of drug-likeness (QED) is 0.724. The fourth-order valence-electron chi connectivity index (χ4n) is 0.923. The highest BCUT2D eigenvalue weighted by Gasteiger charge is 2.03. The zero-order valence-corrected chi connectivity index (χ0v) is 7.96. The van der Waals surface area contributed by atoms with Crippen molar-refractivity contribution in [3.63, 3.8) is 0 Å². The van der Waals surface area contributed by atoms with Gasteiger partial charge in [0, 0.05) is 5.02 Å². The van der Waals surface area contributed by atoms with Crippen LogP contribution in [0.4, 0.5) is 0 Å². The lowest BCUT2D eigenvalue weighted by atomic mass is 10.3. The van der Waals surface area contributed by atoms with Gasteiger partial charge in [0.25, 0.3) is 0 Å². The number of hydrogen-bond acceptors (Lipinski definition) is 3. The summed E-state index contributed by atoms with van der Waals surface area (Å²) < 4.78 is 1.46. The average molecular weight is 212 g/mol. The van der Waals surface area contributed by atoms with Crippen LogP contribution in [-0.4, -0.2) is 20.2 Å². The van der Waals surface area contributed by atoms with E-state index in [9.17, 15) is 0 Å². The highest BCUT2D eigenvalue weighted by Crippen LogP contribution is 2.14. The molecule has 1 heterocycles. The summed E-state index contributed by atoms with van der Waals surface area (Å²) in [4.78, 5) is 0. The number of tetrazole rings is 1. The van der Waals surface area contributed by atoms with E-state index >= 15 is 0 Å². The van der Waals surface area contributed by atoms with E-state index in [2.05, 4.69) is 15.5 Å². The zero-order chi connectivity index (χ0) is 9.26. The normalized spacial score (nSPS) is 10.2. The third kappa shape index (κ3) is 1.61. The number of aromatic nitrogens is 4. The van der Waals surface area contributed by atoms with Gasteiger partial charge < -0.3 is 0 Å². The summed E-state index contributed by atoms with van der Waals surface area (Å²) in [6.07, 6.45) is 0. The molecule has 0 N–H and O–H groups in total. The van der Waals surface area contributed by atoms with Crippen LogP contribution in [0.2, 0.25) is 5.02 Å². The third-order valence-electron chi connectivity index (χ3n) is 1.51. The first-order valence-corrected chi connectivity index (χ1v) is 4.27. The van der Waals surface area contributed by atoms with Crippen molar-refractivity contribution in [2.75, 3.05) is 0 Å². The first kappa shape index (κ1) is 8.40. The number of benzene rings is 1. The third-order valence-corrected chi connectivity index (χ3v) is 2.02. The fourth-order valence-corrected chi connectivity index (χ4v) is 1.23. The average Bonchev–Trinajstić information content (AvgIpc) is 2.53. The molecular weight excluding hydrogens is 208 g/mol. The number of hydrogen-bond donors (Lipinski definition) is 0. The van der Waals surface area contributed by atoms with Crippen LogP contribution >= 0.6 is 24.2 Å². The summed E-state index contributed by atoms with van der Waals surface area (Å²) in [5, 5.41) is 11.8. The molecule has 0 spiro atoms. The summed E-state index contributed by atoms with van der Waals surface area (Å²) in [5.41, 5.74) is 0.805. The molecule has 0 saturated heterocycles. The van der Waals surface area contributed by atoms with Crippen LogP contribution in [0, 0.1) is 0 Å². The largest absolute Gasteiger partial charge is 0.244 e. The molecule has 65 valence electrons. The molecule has 0 amide bonds. The van der Waals surface area contributed by atoms with Crippen LogP contribution in [0.3, 0.4) is 0 Å². The molecule has 0 bridgehead atoms. The van der Waals surface area contributed by atoms with E-state index in [0.717, 1.165) is 5.69 Å². The molecule has 1 aromatic heterocycles. The maximum atomic E-state index is 5.73. The Kier molecular flexibility index (Phi) is 2.12. The molecule has 0 fully saturated rings. The van der Waals surface area contributed by atoms with Gasteiger partial charge in [0.05, 0.1) is 5.69 Å². The van der Waals surface area contributed by atoms with Crippen LogP contribution in [0.1, 0.15) is 0 Å². The smallest absolute Gasteiger partial charge is 0.184 e. The highest BCUT2D eigenvalue weighted by atomic mass is 35.5. The molecule has 2 rings (SSSR count). The highest BCUT2D eigenvalue weighted by molar-refractivity contribution is 7.80. The van der Waals surface area contributed by atoms with E-state index in [1.807, 2.05) is 0 Å². The van der Waals surface area contributed by atoms with Gasteiger partial charge in [-0.25, -0.2) is 0 Å². The predicted octanol–water partition coefficient (Wildman–Crippen LogP) is 1.87.